The van der Waals surface area contributed by atoms with Gasteiger partial charge in [0.2, 0.25) is 5.69 Å². The molecule has 0 aromatic carbocycles. The van der Waals surface area contributed by atoms with Crippen molar-refractivity contribution in [3.63, 3.8) is 0 Å². The van der Waals surface area contributed by atoms with E-state index in [1.54, 1.807) is 12.1 Å². The molecule has 0 atom stereocenters. The zero-order valence-corrected chi connectivity index (χ0v) is 8.56. The number of aliphatic hydroxyl groups is 1. The van der Waals surface area contributed by atoms with Gasteiger partial charge in [0.25, 0.3) is 0 Å². The summed E-state index contributed by atoms with van der Waals surface area (Å²) >= 11 is 0. The van der Waals surface area contributed by atoms with Crippen LogP contribution in [-0.2, 0) is 6.42 Å². The number of nitrogens with zero attached hydrogens (tertiary/aromatic N) is 1. The maximum absolute atomic E-state index is 11.4. The molecule has 0 aliphatic carbocycles. The van der Waals surface area contributed by atoms with Crippen LogP contribution in [0, 0.1) is 10.6 Å². The lowest BCUT2D eigenvalue weighted by Crippen LogP contribution is -2.33. The van der Waals surface area contributed by atoms with Gasteiger partial charge < -0.3 is 20.5 Å². The number of aliphatic hydroxyl groups excluding tert-OH is 1. The molecular formula is C10H14N2O3. The SMILES string of the molecule is CCOc1ccc[n+]([O-])c1CC(=N)CO. The highest BCUT2D eigenvalue weighted by Gasteiger charge is 2.15. The molecule has 0 aliphatic heterocycles. The average molecular weight is 210 g/mol. The summed E-state index contributed by atoms with van der Waals surface area (Å²) in [7, 11) is 0. The van der Waals surface area contributed by atoms with E-state index in [1.165, 1.54) is 6.20 Å². The van der Waals surface area contributed by atoms with Crippen molar-refractivity contribution >= 4 is 5.71 Å². The van der Waals surface area contributed by atoms with Crippen LogP contribution in [0.4, 0.5) is 0 Å². The Bertz CT molecular complexity index is 353. The number of pyridine rings is 1. The summed E-state index contributed by atoms with van der Waals surface area (Å²) in [6.45, 7) is 1.94. The van der Waals surface area contributed by atoms with Gasteiger partial charge in [-0.05, 0) is 13.0 Å². The highest BCUT2D eigenvalue weighted by atomic mass is 16.5. The maximum Gasteiger partial charge on any atom is 0.240 e. The van der Waals surface area contributed by atoms with E-state index in [0.717, 1.165) is 0 Å². The van der Waals surface area contributed by atoms with E-state index >= 15 is 0 Å². The topological polar surface area (TPSA) is 80.2 Å². The lowest BCUT2D eigenvalue weighted by atomic mass is 10.2. The van der Waals surface area contributed by atoms with Crippen LogP contribution in [-0.4, -0.2) is 24.0 Å². The summed E-state index contributed by atoms with van der Waals surface area (Å²) in [5, 5.41) is 27.5. The Morgan fingerprint density at radius 1 is 1.67 bits per heavy atom. The highest BCUT2D eigenvalue weighted by Crippen LogP contribution is 2.14. The van der Waals surface area contributed by atoms with Crippen molar-refractivity contribution in [2.75, 3.05) is 13.2 Å². The molecule has 0 aliphatic rings. The number of hydrogen-bond donors (Lipinski definition) is 2. The molecule has 1 heterocycles. The van der Waals surface area contributed by atoms with Gasteiger partial charge in [-0.3, -0.25) is 0 Å². The molecule has 1 rings (SSSR count). The van der Waals surface area contributed by atoms with Crippen molar-refractivity contribution < 1.29 is 14.6 Å². The van der Waals surface area contributed by atoms with Gasteiger partial charge >= 0.3 is 0 Å². The van der Waals surface area contributed by atoms with E-state index in [2.05, 4.69) is 0 Å². The van der Waals surface area contributed by atoms with Crippen molar-refractivity contribution in [3.05, 3.63) is 29.2 Å². The first-order chi connectivity index (χ1) is 7.19. The Morgan fingerprint density at radius 2 is 2.40 bits per heavy atom. The quantitative estimate of drug-likeness (QED) is 0.416. The van der Waals surface area contributed by atoms with E-state index in [0.29, 0.717) is 22.8 Å². The molecule has 82 valence electrons. The van der Waals surface area contributed by atoms with Crippen LogP contribution in [0.5, 0.6) is 5.75 Å². The van der Waals surface area contributed by atoms with Gasteiger partial charge in [0, 0.05) is 11.8 Å². The van der Waals surface area contributed by atoms with E-state index in [1.807, 2.05) is 6.92 Å². The van der Waals surface area contributed by atoms with Gasteiger partial charge in [0.05, 0.1) is 19.6 Å². The van der Waals surface area contributed by atoms with Crippen molar-refractivity contribution in [2.24, 2.45) is 0 Å². The summed E-state index contributed by atoms with van der Waals surface area (Å²) in [5.41, 5.74) is 0.449. The second-order valence-electron chi connectivity index (χ2n) is 3.02. The molecule has 0 radical (unpaired) electrons. The molecule has 1 aromatic rings. The van der Waals surface area contributed by atoms with Gasteiger partial charge in [-0.1, -0.05) is 0 Å². The van der Waals surface area contributed by atoms with Crippen molar-refractivity contribution in [3.8, 4) is 5.75 Å². The minimum Gasteiger partial charge on any atom is -0.618 e. The minimum absolute atomic E-state index is 0.0896. The molecule has 0 spiro atoms. The fourth-order valence-electron chi connectivity index (χ4n) is 1.21. The molecule has 15 heavy (non-hydrogen) atoms. The van der Waals surface area contributed by atoms with Gasteiger partial charge in [-0.2, -0.15) is 4.73 Å². The van der Waals surface area contributed by atoms with E-state index in [9.17, 15) is 5.21 Å². The van der Waals surface area contributed by atoms with Crippen LogP contribution in [0.3, 0.4) is 0 Å². The van der Waals surface area contributed by atoms with Crippen molar-refractivity contribution in [1.82, 2.24) is 0 Å². The lowest BCUT2D eigenvalue weighted by Gasteiger charge is -2.09. The van der Waals surface area contributed by atoms with E-state index in [4.69, 9.17) is 15.3 Å². The molecule has 5 nitrogen and oxygen atoms in total. The first kappa shape index (κ1) is 11.5. The summed E-state index contributed by atoms with van der Waals surface area (Å²) in [4.78, 5) is 0. The second-order valence-corrected chi connectivity index (χ2v) is 3.02. The zero-order valence-electron chi connectivity index (χ0n) is 8.56. The first-order valence-electron chi connectivity index (χ1n) is 4.70. The normalized spacial score (nSPS) is 10.0. The molecule has 0 saturated heterocycles. The molecule has 0 fully saturated rings. The maximum atomic E-state index is 11.4. The zero-order chi connectivity index (χ0) is 11.3. The third-order valence-corrected chi connectivity index (χ3v) is 1.89. The summed E-state index contributed by atoms with van der Waals surface area (Å²) in [6.07, 6.45) is 1.46. The highest BCUT2D eigenvalue weighted by molar-refractivity contribution is 5.84. The van der Waals surface area contributed by atoms with E-state index in [-0.39, 0.29) is 18.7 Å². The van der Waals surface area contributed by atoms with Crippen LogP contribution in [0.2, 0.25) is 0 Å². The van der Waals surface area contributed by atoms with Crippen LogP contribution < -0.4 is 9.47 Å². The first-order valence-corrected chi connectivity index (χ1v) is 4.70. The van der Waals surface area contributed by atoms with Gasteiger partial charge in [-0.25, -0.2) is 0 Å². The van der Waals surface area contributed by atoms with Gasteiger partial charge in [0.15, 0.2) is 11.9 Å². The van der Waals surface area contributed by atoms with Crippen LogP contribution in [0.15, 0.2) is 18.3 Å². The van der Waals surface area contributed by atoms with Gasteiger partial charge in [0.1, 0.15) is 0 Å². The number of nitrogens with one attached hydrogen (secondary N) is 1. The molecule has 0 amide bonds. The Morgan fingerprint density at radius 3 is 3.00 bits per heavy atom. The Balaban J connectivity index is 2.96. The van der Waals surface area contributed by atoms with Crippen LogP contribution >= 0.6 is 0 Å². The number of rotatable bonds is 5. The molecule has 1 aromatic heterocycles. The molecular weight excluding hydrogens is 196 g/mol. The monoisotopic (exact) mass is 210 g/mol. The van der Waals surface area contributed by atoms with Gasteiger partial charge in [-0.15, -0.1) is 0 Å². The fourth-order valence-corrected chi connectivity index (χ4v) is 1.21. The third kappa shape index (κ3) is 2.92. The lowest BCUT2D eigenvalue weighted by molar-refractivity contribution is -0.613. The standard InChI is InChI=1S/C10H14N2O3/c1-2-15-10-4-3-5-12(14)9(10)6-8(11)7-13/h3-5,11,13H,2,6-7H2,1H3. The molecule has 0 saturated carbocycles. The number of ether oxygens (including phenoxy) is 1. The third-order valence-electron chi connectivity index (χ3n) is 1.89. The minimum atomic E-state index is -0.347. The largest absolute Gasteiger partial charge is 0.618 e. The number of hydrogen-bond acceptors (Lipinski definition) is 4. The number of aromatic nitrogens is 1. The van der Waals surface area contributed by atoms with Crippen molar-refractivity contribution in [2.45, 2.75) is 13.3 Å². The van der Waals surface area contributed by atoms with E-state index < -0.39 is 0 Å². The molecule has 0 unspecified atom stereocenters. The second kappa shape index (κ2) is 5.31. The Hall–Kier alpha value is -1.62. The Labute approximate surface area is 88.0 Å². The predicted octanol–water partition coefficient (Wildman–Crippen LogP) is 0.273. The molecule has 0 bridgehead atoms. The van der Waals surface area contributed by atoms with Crippen LogP contribution in [0.1, 0.15) is 12.6 Å². The summed E-state index contributed by atoms with van der Waals surface area (Å²) in [6, 6.07) is 3.27. The predicted molar refractivity (Wildman–Crippen MR) is 55.1 cm³/mol. The smallest absolute Gasteiger partial charge is 0.240 e. The average Bonchev–Trinajstić information content (AvgIpc) is 2.23. The fraction of sp³-hybridized carbons (Fsp3) is 0.400. The van der Waals surface area contributed by atoms with Crippen LogP contribution in [0.25, 0.3) is 0 Å². The summed E-state index contributed by atoms with van der Waals surface area (Å²) < 4.78 is 5.93. The molecule has 5 heteroatoms. The molecule has 2 N–H and O–H groups in total. The summed E-state index contributed by atoms with van der Waals surface area (Å²) in [5.74, 6) is 0.466. The van der Waals surface area contributed by atoms with Crippen molar-refractivity contribution in [1.29, 1.82) is 5.41 Å². The Kier molecular flexibility index (Phi) is 4.05.